The van der Waals surface area contributed by atoms with Gasteiger partial charge in [0, 0.05) is 12.8 Å². The Morgan fingerprint density at radius 2 is 0.833 bits per heavy atom. The normalized spacial score (nSPS) is 12.4. The molecule has 0 aromatic carbocycles. The van der Waals surface area contributed by atoms with Crippen molar-refractivity contribution in [1.29, 1.82) is 0 Å². The molecule has 284 valence electrons. The molecule has 0 amide bonds. The molecular formula is C42H80ClNO4. The van der Waals surface area contributed by atoms with Gasteiger partial charge in [-0.05, 0) is 64.2 Å². The molecule has 0 aromatic rings. The minimum atomic E-state index is -0.399. The summed E-state index contributed by atoms with van der Waals surface area (Å²) in [5.74, 6) is -0.350. The zero-order valence-electron chi connectivity index (χ0n) is 32.6. The third-order valence-corrected chi connectivity index (χ3v) is 8.77. The van der Waals surface area contributed by atoms with Crippen LogP contribution in [0.15, 0.2) is 24.3 Å². The number of esters is 2. The average Bonchev–Trinajstić information content (AvgIpc) is 3.03. The standard InChI is InChI=1S/C42H80NO4.ClH/c1-6-8-10-12-14-16-18-20-22-24-26-28-30-32-34-36-41(44)46-39-40(38-43(3,4)5)47-42(45)37-35-33-31-29-27-25-23-21-19-17-15-13-11-9-7-2;/h20-23,40H,6-19,24-39H2,1-5H3;1H/q+1;/p-1. The molecule has 1 unspecified atom stereocenters. The molecule has 5 nitrogen and oxygen atoms in total. The summed E-state index contributed by atoms with van der Waals surface area (Å²) in [6.07, 6.45) is 42.1. The Morgan fingerprint density at radius 3 is 1.21 bits per heavy atom. The van der Waals surface area contributed by atoms with Crippen LogP contribution < -0.4 is 12.4 Å². The number of rotatable bonds is 35. The van der Waals surface area contributed by atoms with Crippen molar-refractivity contribution >= 4 is 11.9 Å². The maximum atomic E-state index is 12.6. The summed E-state index contributed by atoms with van der Waals surface area (Å²) in [5.41, 5.74) is 0. The van der Waals surface area contributed by atoms with Crippen LogP contribution in [0.2, 0.25) is 0 Å². The Morgan fingerprint density at radius 1 is 0.500 bits per heavy atom. The molecule has 0 saturated heterocycles. The van der Waals surface area contributed by atoms with Crippen molar-refractivity contribution in [2.75, 3.05) is 34.3 Å². The molecule has 0 saturated carbocycles. The second kappa shape index (κ2) is 36.9. The van der Waals surface area contributed by atoms with E-state index in [1.807, 2.05) is 0 Å². The third kappa shape index (κ3) is 39.1. The molecule has 0 bridgehead atoms. The van der Waals surface area contributed by atoms with Crippen LogP contribution in [-0.2, 0) is 19.1 Å². The van der Waals surface area contributed by atoms with Gasteiger partial charge in [-0.1, -0.05) is 141 Å². The van der Waals surface area contributed by atoms with Gasteiger partial charge in [0.2, 0.25) is 0 Å². The first-order chi connectivity index (χ1) is 22.8. The summed E-state index contributed by atoms with van der Waals surface area (Å²) in [4.78, 5) is 24.9. The highest BCUT2D eigenvalue weighted by atomic mass is 35.5. The van der Waals surface area contributed by atoms with E-state index in [9.17, 15) is 9.59 Å². The van der Waals surface area contributed by atoms with Crippen LogP contribution in [0, 0.1) is 0 Å². The fraction of sp³-hybridized carbons (Fsp3) is 0.857. The molecule has 1 atom stereocenters. The van der Waals surface area contributed by atoms with Crippen LogP contribution in [0.3, 0.4) is 0 Å². The summed E-state index contributed by atoms with van der Waals surface area (Å²) in [7, 11) is 6.20. The van der Waals surface area contributed by atoms with Crippen molar-refractivity contribution in [2.45, 2.75) is 200 Å². The quantitative estimate of drug-likeness (QED) is 0.0287. The van der Waals surface area contributed by atoms with Crippen molar-refractivity contribution in [3.63, 3.8) is 0 Å². The molecule has 0 aliphatic rings. The lowest BCUT2D eigenvalue weighted by Crippen LogP contribution is -3.00. The lowest BCUT2D eigenvalue weighted by molar-refractivity contribution is -0.873. The molecule has 0 aliphatic heterocycles. The fourth-order valence-electron chi connectivity index (χ4n) is 5.92. The van der Waals surface area contributed by atoms with E-state index >= 15 is 0 Å². The number of hydrogen-bond donors (Lipinski definition) is 0. The molecule has 0 rings (SSSR count). The molecule has 0 aromatic heterocycles. The zero-order chi connectivity index (χ0) is 34.7. The van der Waals surface area contributed by atoms with Crippen LogP contribution in [-0.4, -0.2) is 56.8 Å². The number of carbonyl (C=O) groups is 2. The lowest BCUT2D eigenvalue weighted by atomic mass is 10.1. The highest BCUT2D eigenvalue weighted by Crippen LogP contribution is 2.13. The number of likely N-dealkylation sites (N-methyl/N-ethyl adjacent to an activating group) is 1. The monoisotopic (exact) mass is 698 g/mol. The molecule has 6 heteroatoms. The molecule has 0 aliphatic carbocycles. The van der Waals surface area contributed by atoms with E-state index < -0.39 is 6.10 Å². The van der Waals surface area contributed by atoms with Gasteiger partial charge in [0.25, 0.3) is 0 Å². The molecule has 0 fully saturated rings. The zero-order valence-corrected chi connectivity index (χ0v) is 33.3. The van der Waals surface area contributed by atoms with Crippen LogP contribution in [0.5, 0.6) is 0 Å². The van der Waals surface area contributed by atoms with Crippen molar-refractivity contribution in [1.82, 2.24) is 0 Å². The van der Waals surface area contributed by atoms with Gasteiger partial charge in [-0.3, -0.25) is 9.59 Å². The predicted octanol–water partition coefficient (Wildman–Crippen LogP) is 9.23. The van der Waals surface area contributed by atoms with Gasteiger partial charge < -0.3 is 26.4 Å². The van der Waals surface area contributed by atoms with Gasteiger partial charge in [-0.25, -0.2) is 0 Å². The second-order valence-corrected chi connectivity index (χ2v) is 14.9. The fourth-order valence-corrected chi connectivity index (χ4v) is 5.92. The molecule has 48 heavy (non-hydrogen) atoms. The maximum absolute atomic E-state index is 12.6. The molecular weight excluding hydrogens is 618 g/mol. The van der Waals surface area contributed by atoms with Crippen molar-refractivity contribution in [2.24, 2.45) is 0 Å². The topological polar surface area (TPSA) is 52.6 Å². The molecule has 0 N–H and O–H groups in total. The van der Waals surface area contributed by atoms with Crippen LogP contribution >= 0.6 is 0 Å². The maximum Gasteiger partial charge on any atom is 0.306 e. The van der Waals surface area contributed by atoms with Gasteiger partial charge in [0.05, 0.1) is 21.1 Å². The lowest BCUT2D eigenvalue weighted by Gasteiger charge is -2.28. The Balaban J connectivity index is 0. The average molecular weight is 699 g/mol. The largest absolute Gasteiger partial charge is 1.00 e. The van der Waals surface area contributed by atoms with Crippen molar-refractivity contribution in [3.8, 4) is 0 Å². The summed E-state index contributed by atoms with van der Waals surface area (Å²) in [6.45, 7) is 5.31. The van der Waals surface area contributed by atoms with Gasteiger partial charge in [0.15, 0.2) is 6.10 Å². The van der Waals surface area contributed by atoms with E-state index in [1.165, 1.54) is 128 Å². The second-order valence-electron chi connectivity index (χ2n) is 14.9. The number of carbonyl (C=O) groups excluding carboxylic acids is 2. The molecule has 0 radical (unpaired) electrons. The van der Waals surface area contributed by atoms with E-state index in [1.54, 1.807) is 0 Å². The number of allylic oxidation sites excluding steroid dienone is 4. The smallest absolute Gasteiger partial charge is 0.306 e. The first-order valence-electron chi connectivity index (χ1n) is 20.2. The first kappa shape index (κ1) is 48.8. The van der Waals surface area contributed by atoms with E-state index in [2.05, 4.69) is 59.3 Å². The number of halogens is 1. The first-order valence-corrected chi connectivity index (χ1v) is 20.2. The number of hydrogen-bond acceptors (Lipinski definition) is 4. The summed E-state index contributed by atoms with van der Waals surface area (Å²) in [6, 6.07) is 0. The Kier molecular flexibility index (Phi) is 37.5. The predicted molar refractivity (Wildman–Crippen MR) is 203 cm³/mol. The summed E-state index contributed by atoms with van der Waals surface area (Å²) < 4.78 is 12.0. The summed E-state index contributed by atoms with van der Waals surface area (Å²) >= 11 is 0. The van der Waals surface area contributed by atoms with Gasteiger partial charge >= 0.3 is 11.9 Å². The van der Waals surface area contributed by atoms with Crippen molar-refractivity contribution < 1.29 is 36.0 Å². The molecule has 0 heterocycles. The SMILES string of the molecule is CCCCCCCCC=CCCCCCCCC(=O)OCC(C[N+](C)(C)C)OC(=O)CCCCCCCC=CCCCCCCCC.[Cl-]. The van der Waals surface area contributed by atoms with Gasteiger partial charge in [0.1, 0.15) is 13.2 Å². The number of ether oxygens (including phenoxy) is 2. The Labute approximate surface area is 305 Å². The third-order valence-electron chi connectivity index (χ3n) is 8.77. The number of nitrogens with zero attached hydrogens (tertiary/aromatic N) is 1. The van der Waals surface area contributed by atoms with Crippen molar-refractivity contribution in [3.05, 3.63) is 24.3 Å². The van der Waals surface area contributed by atoms with Crippen LogP contribution in [0.25, 0.3) is 0 Å². The van der Waals surface area contributed by atoms with Crippen LogP contribution in [0.1, 0.15) is 194 Å². The number of unbranched alkanes of at least 4 members (excludes halogenated alkanes) is 22. The van der Waals surface area contributed by atoms with Gasteiger partial charge in [-0.2, -0.15) is 0 Å². The summed E-state index contributed by atoms with van der Waals surface area (Å²) in [5, 5.41) is 0. The Bertz CT molecular complexity index is 761. The van der Waals surface area contributed by atoms with E-state index in [0.29, 0.717) is 23.9 Å². The minimum Gasteiger partial charge on any atom is -1.00 e. The van der Waals surface area contributed by atoms with E-state index in [4.69, 9.17) is 9.47 Å². The van der Waals surface area contributed by atoms with Gasteiger partial charge in [-0.15, -0.1) is 0 Å². The molecule has 0 spiro atoms. The highest BCUT2D eigenvalue weighted by molar-refractivity contribution is 5.70. The van der Waals surface area contributed by atoms with E-state index in [-0.39, 0.29) is 31.0 Å². The minimum absolute atomic E-state index is 0. The highest BCUT2D eigenvalue weighted by Gasteiger charge is 2.23. The Hall–Kier alpha value is -1.33. The van der Waals surface area contributed by atoms with E-state index in [0.717, 1.165) is 38.5 Å². The number of quaternary nitrogens is 1. The van der Waals surface area contributed by atoms with Crippen LogP contribution in [0.4, 0.5) is 0 Å².